The molecule has 1 heterocycles. The van der Waals surface area contributed by atoms with E-state index in [-0.39, 0.29) is 5.69 Å². The van der Waals surface area contributed by atoms with Gasteiger partial charge in [-0.2, -0.15) is 0 Å². The van der Waals surface area contributed by atoms with Crippen LogP contribution in [0, 0.1) is 0 Å². The summed E-state index contributed by atoms with van der Waals surface area (Å²) >= 11 is 6.07. The third-order valence-corrected chi connectivity index (χ3v) is 4.00. The third-order valence-electron chi connectivity index (χ3n) is 3.71. The van der Waals surface area contributed by atoms with Crippen LogP contribution in [0.4, 0.5) is 11.5 Å². The third kappa shape index (κ3) is 5.23. The van der Waals surface area contributed by atoms with Gasteiger partial charge in [0, 0.05) is 18.7 Å². The zero-order valence-electron chi connectivity index (χ0n) is 15.1. The number of methoxy groups -OCH3 is 2. The summed E-state index contributed by atoms with van der Waals surface area (Å²) < 4.78 is 10.4. The van der Waals surface area contributed by atoms with Crippen LogP contribution in [-0.4, -0.2) is 36.9 Å². The zero-order chi connectivity index (χ0) is 18.9. The number of benzene rings is 1. The van der Waals surface area contributed by atoms with Crippen molar-refractivity contribution in [3.05, 3.63) is 35.0 Å². The van der Waals surface area contributed by atoms with E-state index in [1.807, 2.05) is 0 Å². The number of rotatable bonds is 9. The minimum absolute atomic E-state index is 0.195. The number of halogens is 1. The van der Waals surface area contributed by atoms with Crippen LogP contribution in [0.3, 0.4) is 0 Å². The van der Waals surface area contributed by atoms with Crippen LogP contribution in [-0.2, 0) is 0 Å². The summed E-state index contributed by atoms with van der Waals surface area (Å²) in [5, 5.41) is 14.3. The highest BCUT2D eigenvalue weighted by atomic mass is 35.5. The van der Waals surface area contributed by atoms with Gasteiger partial charge >= 0.3 is 0 Å². The molecule has 0 fully saturated rings. The lowest BCUT2D eigenvalue weighted by Gasteiger charge is -2.13. The molecule has 1 amide bonds. The molecule has 140 valence electrons. The van der Waals surface area contributed by atoms with E-state index in [2.05, 4.69) is 27.8 Å². The van der Waals surface area contributed by atoms with Gasteiger partial charge in [-0.15, -0.1) is 10.2 Å². The molecule has 0 aliphatic carbocycles. The summed E-state index contributed by atoms with van der Waals surface area (Å²) in [5.74, 6) is 1.09. The quantitative estimate of drug-likeness (QED) is 0.641. The van der Waals surface area contributed by atoms with Crippen LogP contribution >= 0.6 is 11.6 Å². The van der Waals surface area contributed by atoms with E-state index in [0.29, 0.717) is 28.0 Å². The fraction of sp³-hybridized carbons (Fsp3) is 0.389. The van der Waals surface area contributed by atoms with Gasteiger partial charge in [-0.3, -0.25) is 4.79 Å². The van der Waals surface area contributed by atoms with Crippen molar-refractivity contribution in [1.29, 1.82) is 0 Å². The molecule has 0 spiro atoms. The lowest BCUT2D eigenvalue weighted by atomic mass is 10.2. The van der Waals surface area contributed by atoms with Crippen molar-refractivity contribution in [2.45, 2.75) is 26.2 Å². The number of hydrogen-bond donors (Lipinski definition) is 2. The molecule has 1 aromatic heterocycles. The maximum atomic E-state index is 12.4. The topological polar surface area (TPSA) is 85.4 Å². The molecule has 0 radical (unpaired) electrons. The van der Waals surface area contributed by atoms with E-state index in [0.717, 1.165) is 25.8 Å². The van der Waals surface area contributed by atoms with Gasteiger partial charge in [0.1, 0.15) is 17.3 Å². The Kier molecular flexibility index (Phi) is 7.47. The van der Waals surface area contributed by atoms with Gasteiger partial charge in [0.25, 0.3) is 5.91 Å². The van der Waals surface area contributed by atoms with E-state index in [9.17, 15) is 4.79 Å². The molecule has 0 saturated carbocycles. The van der Waals surface area contributed by atoms with Gasteiger partial charge in [-0.25, -0.2) is 0 Å². The molecule has 0 bridgehead atoms. The lowest BCUT2D eigenvalue weighted by molar-refractivity contribution is 0.102. The number of aromatic nitrogens is 2. The van der Waals surface area contributed by atoms with Crippen molar-refractivity contribution in [3.63, 3.8) is 0 Å². The van der Waals surface area contributed by atoms with E-state index in [1.54, 1.807) is 24.3 Å². The summed E-state index contributed by atoms with van der Waals surface area (Å²) in [5.41, 5.74) is 0.627. The number of ether oxygens (including phenoxy) is 2. The molecule has 1 aromatic carbocycles. The van der Waals surface area contributed by atoms with Crippen molar-refractivity contribution in [1.82, 2.24) is 10.2 Å². The van der Waals surface area contributed by atoms with Crippen molar-refractivity contribution in [2.24, 2.45) is 0 Å². The number of carbonyl (C=O) groups is 1. The van der Waals surface area contributed by atoms with Crippen LogP contribution in [0.2, 0.25) is 5.02 Å². The SMILES string of the molecule is CCCCCNc1ccc(C(=O)Nc2cc(OC)c(Cl)cc2OC)nn1. The Balaban J connectivity index is 2.05. The predicted molar refractivity (Wildman–Crippen MR) is 103 cm³/mol. The number of amides is 1. The number of anilines is 2. The second-order valence-corrected chi connectivity index (χ2v) is 5.99. The first-order valence-electron chi connectivity index (χ1n) is 8.39. The summed E-state index contributed by atoms with van der Waals surface area (Å²) in [6.45, 7) is 2.98. The minimum atomic E-state index is -0.405. The minimum Gasteiger partial charge on any atom is -0.495 e. The van der Waals surface area contributed by atoms with Crippen molar-refractivity contribution >= 4 is 29.0 Å². The standard InChI is InChI=1S/C18H23ClN4O3/c1-4-5-6-9-20-17-8-7-13(22-23-17)18(24)21-14-11-15(25-2)12(19)10-16(14)26-3/h7-8,10-11H,4-6,9H2,1-3H3,(H,20,23)(H,21,24). The molecule has 0 aliphatic rings. The Morgan fingerprint density at radius 2 is 1.88 bits per heavy atom. The van der Waals surface area contributed by atoms with Gasteiger partial charge in [0.2, 0.25) is 0 Å². The van der Waals surface area contributed by atoms with E-state index < -0.39 is 5.91 Å². The predicted octanol–water partition coefficient (Wildman–Crippen LogP) is 4.00. The maximum Gasteiger partial charge on any atom is 0.276 e. The van der Waals surface area contributed by atoms with Crippen LogP contribution in [0.1, 0.15) is 36.7 Å². The fourth-order valence-electron chi connectivity index (χ4n) is 2.28. The Hall–Kier alpha value is -2.54. The first-order chi connectivity index (χ1) is 12.6. The van der Waals surface area contributed by atoms with Gasteiger partial charge in [0.05, 0.1) is 24.9 Å². The molecule has 2 rings (SSSR count). The molecule has 7 nitrogen and oxygen atoms in total. The number of carbonyl (C=O) groups excluding carboxylic acids is 1. The lowest BCUT2D eigenvalue weighted by Crippen LogP contribution is -2.15. The first-order valence-corrected chi connectivity index (χ1v) is 8.77. The number of nitrogens with one attached hydrogen (secondary N) is 2. The van der Waals surface area contributed by atoms with E-state index >= 15 is 0 Å². The summed E-state index contributed by atoms with van der Waals surface area (Å²) in [6, 6.07) is 6.51. The van der Waals surface area contributed by atoms with Gasteiger partial charge in [-0.1, -0.05) is 31.4 Å². The van der Waals surface area contributed by atoms with Crippen molar-refractivity contribution < 1.29 is 14.3 Å². The molecular weight excluding hydrogens is 356 g/mol. The second-order valence-electron chi connectivity index (χ2n) is 5.58. The largest absolute Gasteiger partial charge is 0.495 e. The highest BCUT2D eigenvalue weighted by molar-refractivity contribution is 6.32. The van der Waals surface area contributed by atoms with Crippen LogP contribution in [0.15, 0.2) is 24.3 Å². The van der Waals surface area contributed by atoms with Crippen molar-refractivity contribution in [3.8, 4) is 11.5 Å². The smallest absolute Gasteiger partial charge is 0.276 e. The van der Waals surface area contributed by atoms with Gasteiger partial charge < -0.3 is 20.1 Å². The Morgan fingerprint density at radius 1 is 1.12 bits per heavy atom. The highest BCUT2D eigenvalue weighted by Gasteiger charge is 2.15. The molecule has 2 N–H and O–H groups in total. The Bertz CT molecular complexity index is 738. The normalized spacial score (nSPS) is 10.3. The molecule has 0 atom stereocenters. The molecule has 0 unspecified atom stereocenters. The molecule has 2 aromatic rings. The Labute approximate surface area is 158 Å². The first kappa shape index (κ1) is 19.8. The van der Waals surface area contributed by atoms with Gasteiger partial charge in [-0.05, 0) is 18.6 Å². The Morgan fingerprint density at radius 3 is 2.50 bits per heavy atom. The van der Waals surface area contributed by atoms with E-state index in [1.165, 1.54) is 14.2 Å². The average Bonchev–Trinajstić information content (AvgIpc) is 2.66. The van der Waals surface area contributed by atoms with Crippen LogP contribution in [0.5, 0.6) is 11.5 Å². The fourth-order valence-corrected chi connectivity index (χ4v) is 2.51. The molecule has 8 heteroatoms. The second kappa shape index (κ2) is 9.82. The summed E-state index contributed by atoms with van der Waals surface area (Å²) in [7, 11) is 2.99. The molecule has 0 aliphatic heterocycles. The van der Waals surface area contributed by atoms with Crippen LogP contribution in [0.25, 0.3) is 0 Å². The van der Waals surface area contributed by atoms with E-state index in [4.69, 9.17) is 21.1 Å². The van der Waals surface area contributed by atoms with Gasteiger partial charge in [0.15, 0.2) is 5.69 Å². The molecule has 26 heavy (non-hydrogen) atoms. The number of nitrogens with zero attached hydrogens (tertiary/aromatic N) is 2. The molecular formula is C18H23ClN4O3. The monoisotopic (exact) mass is 378 g/mol. The molecule has 0 saturated heterocycles. The van der Waals surface area contributed by atoms with Crippen molar-refractivity contribution in [2.75, 3.05) is 31.4 Å². The maximum absolute atomic E-state index is 12.4. The zero-order valence-corrected chi connectivity index (χ0v) is 15.9. The highest BCUT2D eigenvalue weighted by Crippen LogP contribution is 2.36. The average molecular weight is 379 g/mol. The van der Waals surface area contributed by atoms with Crippen LogP contribution < -0.4 is 20.1 Å². The number of unbranched alkanes of at least 4 members (excludes halogenated alkanes) is 2. The summed E-state index contributed by atoms with van der Waals surface area (Å²) in [6.07, 6.45) is 3.39. The number of hydrogen-bond acceptors (Lipinski definition) is 6. The summed E-state index contributed by atoms with van der Waals surface area (Å²) in [4.78, 5) is 12.4.